The SMILES string of the molecule is NCc1ccnc(NC2CC2)c1F. The largest absolute Gasteiger partial charge is 0.365 e. The van der Waals surface area contributed by atoms with E-state index < -0.39 is 0 Å². The first-order valence-electron chi connectivity index (χ1n) is 4.41. The van der Waals surface area contributed by atoms with E-state index in [0.29, 0.717) is 17.4 Å². The van der Waals surface area contributed by atoms with Crippen LogP contribution in [0.4, 0.5) is 10.2 Å². The molecule has 0 aliphatic heterocycles. The number of aromatic nitrogens is 1. The van der Waals surface area contributed by atoms with Crippen molar-refractivity contribution in [1.29, 1.82) is 0 Å². The van der Waals surface area contributed by atoms with Crippen molar-refractivity contribution in [3.05, 3.63) is 23.6 Å². The zero-order chi connectivity index (χ0) is 9.26. The minimum Gasteiger partial charge on any atom is -0.365 e. The Hall–Kier alpha value is -1.16. The molecule has 0 spiro atoms. The van der Waals surface area contributed by atoms with Crippen LogP contribution in [-0.2, 0) is 6.54 Å². The van der Waals surface area contributed by atoms with Crippen molar-refractivity contribution in [3.8, 4) is 0 Å². The van der Waals surface area contributed by atoms with Gasteiger partial charge in [-0.3, -0.25) is 0 Å². The molecule has 4 heteroatoms. The molecular formula is C9H12FN3. The van der Waals surface area contributed by atoms with E-state index in [1.165, 1.54) is 0 Å². The Kier molecular flexibility index (Phi) is 2.14. The Bertz CT molecular complexity index is 310. The molecular weight excluding hydrogens is 169 g/mol. The molecule has 3 nitrogen and oxygen atoms in total. The minimum atomic E-state index is -0.308. The molecule has 2 rings (SSSR count). The predicted molar refractivity (Wildman–Crippen MR) is 48.7 cm³/mol. The monoisotopic (exact) mass is 181 g/mol. The van der Waals surface area contributed by atoms with Gasteiger partial charge in [-0.1, -0.05) is 0 Å². The average molecular weight is 181 g/mol. The van der Waals surface area contributed by atoms with Crippen LogP contribution in [0.25, 0.3) is 0 Å². The van der Waals surface area contributed by atoms with E-state index in [9.17, 15) is 4.39 Å². The summed E-state index contributed by atoms with van der Waals surface area (Å²) in [4.78, 5) is 3.93. The molecule has 1 aliphatic carbocycles. The highest BCUT2D eigenvalue weighted by Gasteiger charge is 2.23. The summed E-state index contributed by atoms with van der Waals surface area (Å²) in [5.41, 5.74) is 5.88. The summed E-state index contributed by atoms with van der Waals surface area (Å²) in [5, 5.41) is 3.02. The summed E-state index contributed by atoms with van der Waals surface area (Å²) >= 11 is 0. The number of hydrogen-bond acceptors (Lipinski definition) is 3. The number of pyridine rings is 1. The van der Waals surface area contributed by atoms with E-state index in [-0.39, 0.29) is 12.4 Å². The number of nitrogens with zero attached hydrogens (tertiary/aromatic N) is 1. The molecule has 0 amide bonds. The van der Waals surface area contributed by atoms with Crippen LogP contribution in [-0.4, -0.2) is 11.0 Å². The Labute approximate surface area is 76.2 Å². The van der Waals surface area contributed by atoms with Crippen LogP contribution in [0.1, 0.15) is 18.4 Å². The second-order valence-electron chi connectivity index (χ2n) is 3.26. The van der Waals surface area contributed by atoms with Gasteiger partial charge in [-0.05, 0) is 18.9 Å². The van der Waals surface area contributed by atoms with E-state index in [1.807, 2.05) is 0 Å². The summed E-state index contributed by atoms with van der Waals surface area (Å²) in [6, 6.07) is 2.02. The zero-order valence-electron chi connectivity index (χ0n) is 7.26. The number of hydrogen-bond donors (Lipinski definition) is 2. The van der Waals surface area contributed by atoms with Gasteiger partial charge >= 0.3 is 0 Å². The summed E-state index contributed by atoms with van der Waals surface area (Å²) in [6.07, 6.45) is 3.79. The lowest BCUT2D eigenvalue weighted by molar-refractivity contribution is 0.607. The molecule has 1 saturated carbocycles. The third kappa shape index (κ3) is 1.78. The molecule has 13 heavy (non-hydrogen) atoms. The Morgan fingerprint density at radius 1 is 1.62 bits per heavy atom. The van der Waals surface area contributed by atoms with E-state index >= 15 is 0 Å². The van der Waals surface area contributed by atoms with Crippen molar-refractivity contribution in [2.45, 2.75) is 25.4 Å². The molecule has 0 saturated heterocycles. The maximum absolute atomic E-state index is 13.5. The summed E-state index contributed by atoms with van der Waals surface area (Å²) in [7, 11) is 0. The quantitative estimate of drug-likeness (QED) is 0.738. The van der Waals surface area contributed by atoms with Crippen molar-refractivity contribution < 1.29 is 4.39 Å². The van der Waals surface area contributed by atoms with E-state index in [0.717, 1.165) is 12.8 Å². The number of rotatable bonds is 3. The van der Waals surface area contributed by atoms with Gasteiger partial charge in [0.15, 0.2) is 11.6 Å². The van der Waals surface area contributed by atoms with Gasteiger partial charge in [-0.15, -0.1) is 0 Å². The van der Waals surface area contributed by atoms with Crippen LogP contribution in [0.15, 0.2) is 12.3 Å². The van der Waals surface area contributed by atoms with Gasteiger partial charge < -0.3 is 11.1 Å². The number of anilines is 1. The molecule has 0 bridgehead atoms. The molecule has 70 valence electrons. The topological polar surface area (TPSA) is 50.9 Å². The summed E-state index contributed by atoms with van der Waals surface area (Å²) < 4.78 is 13.5. The fourth-order valence-electron chi connectivity index (χ4n) is 1.16. The van der Waals surface area contributed by atoms with Crippen molar-refractivity contribution in [1.82, 2.24) is 4.98 Å². The lowest BCUT2D eigenvalue weighted by Crippen LogP contribution is -2.08. The van der Waals surface area contributed by atoms with E-state index in [2.05, 4.69) is 10.3 Å². The first kappa shape index (κ1) is 8.44. The number of nitrogens with two attached hydrogens (primary N) is 1. The minimum absolute atomic E-state index is 0.216. The Morgan fingerprint density at radius 3 is 3.00 bits per heavy atom. The Balaban J connectivity index is 2.22. The molecule has 3 N–H and O–H groups in total. The maximum atomic E-state index is 13.5. The van der Waals surface area contributed by atoms with Crippen molar-refractivity contribution in [3.63, 3.8) is 0 Å². The fourth-order valence-corrected chi connectivity index (χ4v) is 1.16. The lowest BCUT2D eigenvalue weighted by Gasteiger charge is -2.06. The predicted octanol–water partition coefficient (Wildman–Crippen LogP) is 1.25. The number of nitrogens with one attached hydrogen (secondary N) is 1. The molecule has 0 unspecified atom stereocenters. The molecule has 1 aromatic rings. The highest BCUT2D eigenvalue weighted by molar-refractivity contribution is 5.41. The molecule has 1 aromatic heterocycles. The summed E-state index contributed by atoms with van der Waals surface area (Å²) in [6.45, 7) is 0.216. The van der Waals surface area contributed by atoms with Crippen molar-refractivity contribution in [2.75, 3.05) is 5.32 Å². The van der Waals surface area contributed by atoms with Crippen molar-refractivity contribution >= 4 is 5.82 Å². The van der Waals surface area contributed by atoms with E-state index in [4.69, 9.17) is 5.73 Å². The molecule has 1 heterocycles. The maximum Gasteiger partial charge on any atom is 0.169 e. The van der Waals surface area contributed by atoms with Gasteiger partial charge in [-0.25, -0.2) is 9.37 Å². The van der Waals surface area contributed by atoms with Crippen LogP contribution in [0.2, 0.25) is 0 Å². The number of halogens is 1. The smallest absolute Gasteiger partial charge is 0.169 e. The molecule has 0 atom stereocenters. The van der Waals surface area contributed by atoms with Crippen LogP contribution in [0, 0.1) is 5.82 Å². The van der Waals surface area contributed by atoms with Crippen LogP contribution in [0.5, 0.6) is 0 Å². The standard InChI is InChI=1S/C9H12FN3/c10-8-6(5-11)3-4-12-9(8)13-7-1-2-7/h3-4,7H,1-2,5,11H2,(H,12,13). The Morgan fingerprint density at radius 2 is 2.38 bits per heavy atom. The van der Waals surface area contributed by atoms with Crippen LogP contribution in [0.3, 0.4) is 0 Å². The first-order valence-corrected chi connectivity index (χ1v) is 4.41. The van der Waals surface area contributed by atoms with E-state index in [1.54, 1.807) is 12.3 Å². The second-order valence-corrected chi connectivity index (χ2v) is 3.26. The van der Waals surface area contributed by atoms with Crippen molar-refractivity contribution in [2.24, 2.45) is 5.73 Å². The first-order chi connectivity index (χ1) is 6.31. The molecule has 1 aliphatic rings. The highest BCUT2D eigenvalue weighted by atomic mass is 19.1. The van der Waals surface area contributed by atoms with Gasteiger partial charge in [0, 0.05) is 24.3 Å². The van der Waals surface area contributed by atoms with Crippen LogP contribution < -0.4 is 11.1 Å². The highest BCUT2D eigenvalue weighted by Crippen LogP contribution is 2.25. The van der Waals surface area contributed by atoms with Gasteiger partial charge in [-0.2, -0.15) is 0 Å². The van der Waals surface area contributed by atoms with Crippen LogP contribution >= 0.6 is 0 Å². The third-order valence-corrected chi connectivity index (χ3v) is 2.11. The third-order valence-electron chi connectivity index (χ3n) is 2.11. The second kappa shape index (κ2) is 3.30. The molecule has 1 fully saturated rings. The zero-order valence-corrected chi connectivity index (χ0v) is 7.26. The van der Waals surface area contributed by atoms with Gasteiger partial charge in [0.2, 0.25) is 0 Å². The van der Waals surface area contributed by atoms with Gasteiger partial charge in [0.05, 0.1) is 0 Å². The summed E-state index contributed by atoms with van der Waals surface area (Å²) in [5.74, 6) is 0.0300. The van der Waals surface area contributed by atoms with Gasteiger partial charge in [0.1, 0.15) is 0 Å². The lowest BCUT2D eigenvalue weighted by atomic mass is 10.2. The average Bonchev–Trinajstić information content (AvgIpc) is 2.92. The normalized spacial score (nSPS) is 15.8. The molecule has 0 radical (unpaired) electrons. The fraction of sp³-hybridized carbons (Fsp3) is 0.444. The molecule has 0 aromatic carbocycles. The van der Waals surface area contributed by atoms with Gasteiger partial charge in [0.25, 0.3) is 0 Å².